The minimum absolute atomic E-state index is 0. The van der Waals surface area contributed by atoms with E-state index in [1.165, 1.54) is 0 Å². The van der Waals surface area contributed by atoms with Gasteiger partial charge in [0, 0.05) is 38.3 Å². The Morgan fingerprint density at radius 3 is 2.81 bits per heavy atom. The van der Waals surface area contributed by atoms with Crippen molar-refractivity contribution >= 4 is 29.9 Å². The predicted molar refractivity (Wildman–Crippen MR) is 120 cm³/mol. The Balaban J connectivity index is 0.00000364. The van der Waals surface area contributed by atoms with Crippen molar-refractivity contribution in [1.29, 1.82) is 0 Å². The summed E-state index contributed by atoms with van der Waals surface area (Å²) in [5.74, 6) is 2.26. The van der Waals surface area contributed by atoms with E-state index in [2.05, 4.69) is 46.5 Å². The van der Waals surface area contributed by atoms with Crippen molar-refractivity contribution in [2.24, 2.45) is 10.9 Å². The van der Waals surface area contributed by atoms with E-state index in [0.29, 0.717) is 19.1 Å². The molecule has 0 saturated carbocycles. The molecule has 0 fully saturated rings. The molecule has 0 amide bonds. The van der Waals surface area contributed by atoms with Gasteiger partial charge >= 0.3 is 0 Å². The van der Waals surface area contributed by atoms with Crippen LogP contribution in [-0.4, -0.2) is 47.0 Å². The molecule has 0 aromatic carbocycles. The monoisotopic (exact) mass is 486 g/mol. The van der Waals surface area contributed by atoms with Gasteiger partial charge in [-0.25, -0.2) is 14.7 Å². The Morgan fingerprint density at radius 1 is 1.26 bits per heavy atom. The van der Waals surface area contributed by atoms with Gasteiger partial charge in [-0.3, -0.25) is 0 Å². The van der Waals surface area contributed by atoms with Crippen molar-refractivity contribution in [3.8, 4) is 5.82 Å². The number of guanidine groups is 1. The van der Waals surface area contributed by atoms with Crippen LogP contribution in [0.3, 0.4) is 0 Å². The van der Waals surface area contributed by atoms with Crippen molar-refractivity contribution in [2.45, 2.75) is 33.7 Å². The van der Waals surface area contributed by atoms with Gasteiger partial charge in [0.1, 0.15) is 0 Å². The molecule has 0 unspecified atom stereocenters. The van der Waals surface area contributed by atoms with Crippen LogP contribution < -0.4 is 10.6 Å². The summed E-state index contributed by atoms with van der Waals surface area (Å²) in [7, 11) is 0. The summed E-state index contributed by atoms with van der Waals surface area (Å²) in [5.41, 5.74) is 1.08. The Labute approximate surface area is 179 Å². The Morgan fingerprint density at radius 2 is 2.11 bits per heavy atom. The van der Waals surface area contributed by atoms with Crippen LogP contribution in [0, 0.1) is 5.92 Å². The molecular formula is C19H31IN6O. The molecule has 0 saturated heterocycles. The minimum Gasteiger partial charge on any atom is -0.380 e. The minimum atomic E-state index is 0. The Hall–Kier alpha value is -1.68. The topological polar surface area (TPSA) is 76.4 Å². The zero-order chi connectivity index (χ0) is 18.6. The molecule has 2 heterocycles. The van der Waals surface area contributed by atoms with Gasteiger partial charge in [0.05, 0.1) is 13.2 Å². The first-order valence-corrected chi connectivity index (χ1v) is 9.24. The van der Waals surface area contributed by atoms with Gasteiger partial charge in [0.25, 0.3) is 0 Å². The van der Waals surface area contributed by atoms with Crippen LogP contribution in [-0.2, 0) is 11.3 Å². The zero-order valence-corrected chi connectivity index (χ0v) is 18.7. The zero-order valence-electron chi connectivity index (χ0n) is 16.4. The molecule has 8 heteroatoms. The fourth-order valence-electron chi connectivity index (χ4n) is 2.26. The van der Waals surface area contributed by atoms with E-state index in [1.807, 2.05) is 24.4 Å². The lowest BCUT2D eigenvalue weighted by Crippen LogP contribution is -2.39. The first-order valence-electron chi connectivity index (χ1n) is 9.24. The molecule has 2 N–H and O–H groups in total. The van der Waals surface area contributed by atoms with Crippen LogP contribution in [0.15, 0.2) is 41.8 Å². The Kier molecular flexibility index (Phi) is 11.7. The van der Waals surface area contributed by atoms with E-state index < -0.39 is 0 Å². The third-order valence-electron chi connectivity index (χ3n) is 3.69. The van der Waals surface area contributed by atoms with E-state index in [-0.39, 0.29) is 24.0 Å². The second kappa shape index (κ2) is 13.5. The largest absolute Gasteiger partial charge is 0.380 e. The highest BCUT2D eigenvalue weighted by atomic mass is 127. The van der Waals surface area contributed by atoms with Crippen molar-refractivity contribution in [3.63, 3.8) is 0 Å². The molecule has 27 heavy (non-hydrogen) atoms. The van der Waals surface area contributed by atoms with Crippen molar-refractivity contribution in [1.82, 2.24) is 25.4 Å². The average molecular weight is 486 g/mol. The fraction of sp³-hybridized carbons (Fsp3) is 0.526. The van der Waals surface area contributed by atoms with Crippen LogP contribution in [0.25, 0.3) is 5.82 Å². The first kappa shape index (κ1) is 23.4. The molecular weight excluding hydrogens is 455 g/mol. The number of ether oxygens (including phenoxy) is 1. The summed E-state index contributed by atoms with van der Waals surface area (Å²) in [4.78, 5) is 8.97. The van der Waals surface area contributed by atoms with E-state index in [1.54, 1.807) is 17.1 Å². The van der Waals surface area contributed by atoms with E-state index >= 15 is 0 Å². The van der Waals surface area contributed by atoms with Gasteiger partial charge in [-0.2, -0.15) is 5.10 Å². The number of pyridine rings is 1. The molecule has 0 spiro atoms. The van der Waals surface area contributed by atoms with Crippen LogP contribution in [0.5, 0.6) is 0 Å². The van der Waals surface area contributed by atoms with E-state index in [0.717, 1.165) is 43.5 Å². The van der Waals surface area contributed by atoms with Gasteiger partial charge in [0.15, 0.2) is 11.8 Å². The van der Waals surface area contributed by atoms with E-state index in [9.17, 15) is 0 Å². The molecule has 150 valence electrons. The van der Waals surface area contributed by atoms with Crippen LogP contribution >= 0.6 is 24.0 Å². The molecule has 2 aromatic heterocycles. The maximum atomic E-state index is 5.63. The molecule has 0 aliphatic carbocycles. The SMILES string of the molecule is CCNC(=NCc1ccnc(-n2cccn2)c1)NCCOCCC(C)C.I. The molecule has 2 aromatic rings. The van der Waals surface area contributed by atoms with Gasteiger partial charge < -0.3 is 15.4 Å². The molecule has 0 radical (unpaired) electrons. The van der Waals surface area contributed by atoms with Gasteiger partial charge in [-0.15, -0.1) is 24.0 Å². The van der Waals surface area contributed by atoms with Gasteiger partial charge in [0.2, 0.25) is 0 Å². The first-order chi connectivity index (χ1) is 12.7. The summed E-state index contributed by atoms with van der Waals surface area (Å²) in [6, 6.07) is 5.84. The summed E-state index contributed by atoms with van der Waals surface area (Å²) in [6.07, 6.45) is 6.49. The molecule has 7 nitrogen and oxygen atoms in total. The van der Waals surface area contributed by atoms with E-state index in [4.69, 9.17) is 4.74 Å². The lowest BCUT2D eigenvalue weighted by molar-refractivity contribution is 0.128. The maximum absolute atomic E-state index is 5.63. The second-order valence-corrected chi connectivity index (χ2v) is 6.39. The molecule has 2 rings (SSSR count). The number of hydrogen-bond donors (Lipinski definition) is 2. The normalized spacial score (nSPS) is 11.3. The summed E-state index contributed by atoms with van der Waals surface area (Å²) >= 11 is 0. The number of aromatic nitrogens is 3. The average Bonchev–Trinajstić information content (AvgIpc) is 3.17. The van der Waals surface area contributed by atoms with Crippen LogP contribution in [0.4, 0.5) is 0 Å². The van der Waals surface area contributed by atoms with Crippen molar-refractivity contribution < 1.29 is 4.74 Å². The maximum Gasteiger partial charge on any atom is 0.191 e. The Bertz CT molecular complexity index is 660. The van der Waals surface area contributed by atoms with Gasteiger partial charge in [-0.1, -0.05) is 13.8 Å². The fourth-order valence-corrected chi connectivity index (χ4v) is 2.26. The van der Waals surface area contributed by atoms with Gasteiger partial charge in [-0.05, 0) is 43.0 Å². The second-order valence-electron chi connectivity index (χ2n) is 6.39. The standard InChI is InChI=1S/C19H30N6O.HI/c1-4-20-19(22-10-13-26-12-7-16(2)3)23-15-17-6-9-21-18(14-17)25-11-5-8-24-25;/h5-6,8-9,11,14,16H,4,7,10,12-13,15H2,1-3H3,(H2,20,22,23);1H. The number of nitrogens with one attached hydrogen (secondary N) is 2. The molecule has 0 aliphatic rings. The highest BCUT2D eigenvalue weighted by molar-refractivity contribution is 14.0. The van der Waals surface area contributed by atoms with Crippen LogP contribution in [0.2, 0.25) is 0 Å². The third kappa shape index (κ3) is 9.18. The summed E-state index contributed by atoms with van der Waals surface area (Å²) in [5, 5.41) is 10.8. The number of hydrogen-bond acceptors (Lipinski definition) is 4. The lowest BCUT2D eigenvalue weighted by atomic mass is 10.1. The number of rotatable bonds is 10. The smallest absolute Gasteiger partial charge is 0.191 e. The molecule has 0 atom stereocenters. The number of aliphatic imine (C=N–C) groups is 1. The summed E-state index contributed by atoms with van der Waals surface area (Å²) in [6.45, 7) is 10.1. The molecule has 0 aliphatic heterocycles. The number of nitrogens with zero attached hydrogens (tertiary/aromatic N) is 4. The quantitative estimate of drug-likeness (QED) is 0.234. The third-order valence-corrected chi connectivity index (χ3v) is 3.69. The number of halogens is 1. The van der Waals surface area contributed by atoms with Crippen molar-refractivity contribution in [3.05, 3.63) is 42.4 Å². The predicted octanol–water partition coefficient (Wildman–Crippen LogP) is 3.00. The summed E-state index contributed by atoms with van der Waals surface area (Å²) < 4.78 is 7.37. The highest BCUT2D eigenvalue weighted by Gasteiger charge is 2.01. The van der Waals surface area contributed by atoms with Crippen molar-refractivity contribution in [2.75, 3.05) is 26.3 Å². The highest BCUT2D eigenvalue weighted by Crippen LogP contribution is 2.07. The van der Waals surface area contributed by atoms with Crippen LogP contribution in [0.1, 0.15) is 32.8 Å². The molecule has 0 bridgehead atoms. The lowest BCUT2D eigenvalue weighted by Gasteiger charge is -2.12.